The lowest BCUT2D eigenvalue weighted by atomic mass is 10.0. The number of aryl methyl sites for hydroxylation is 1. The van der Waals surface area contributed by atoms with Gasteiger partial charge < -0.3 is 5.32 Å². The van der Waals surface area contributed by atoms with Crippen molar-refractivity contribution in [1.82, 2.24) is 15.2 Å². The van der Waals surface area contributed by atoms with E-state index in [2.05, 4.69) is 40.3 Å². The number of nitrogens with zero attached hydrogens (tertiary/aromatic N) is 2. The number of likely N-dealkylation sites (tertiary alicyclic amines) is 1. The number of carbonyl (C=O) groups is 1. The van der Waals surface area contributed by atoms with Crippen LogP contribution in [-0.4, -0.2) is 35.4 Å². The maximum Gasteiger partial charge on any atom is 0.261 e. The molecule has 136 valence electrons. The molecule has 26 heavy (non-hydrogen) atoms. The normalized spacial score (nSPS) is 17.8. The van der Waals surface area contributed by atoms with E-state index in [9.17, 15) is 4.79 Å². The van der Waals surface area contributed by atoms with Crippen LogP contribution in [0.3, 0.4) is 0 Å². The average molecular weight is 386 g/mol. The van der Waals surface area contributed by atoms with Gasteiger partial charge in [0.25, 0.3) is 5.91 Å². The van der Waals surface area contributed by atoms with E-state index in [1.54, 1.807) is 29.7 Å². The van der Waals surface area contributed by atoms with Crippen molar-refractivity contribution in [2.45, 2.75) is 38.8 Å². The van der Waals surface area contributed by atoms with Gasteiger partial charge in [0.15, 0.2) is 0 Å². The number of hydrogen-bond donors (Lipinski definition) is 1. The zero-order chi connectivity index (χ0) is 18.1. The molecule has 1 fully saturated rings. The van der Waals surface area contributed by atoms with Gasteiger partial charge in [0.05, 0.1) is 9.88 Å². The molecule has 6 heteroatoms. The lowest BCUT2D eigenvalue weighted by molar-refractivity contribution is 0.0966. The maximum absolute atomic E-state index is 12.4. The zero-order valence-corrected chi connectivity index (χ0v) is 16.8. The summed E-state index contributed by atoms with van der Waals surface area (Å²) in [7, 11) is 1.71. The first-order valence-corrected chi connectivity index (χ1v) is 10.7. The second kappa shape index (κ2) is 7.47. The Bertz CT molecular complexity index is 930. The van der Waals surface area contributed by atoms with Crippen LogP contribution in [-0.2, 0) is 13.0 Å². The largest absolute Gasteiger partial charge is 0.354 e. The van der Waals surface area contributed by atoms with Gasteiger partial charge in [0, 0.05) is 35.4 Å². The SMILES string of the molecule is CNC(=O)c1sc2ccccc2c1C[C@H]1CCCN1Cc1cnc(C)s1. The second-order valence-corrected chi connectivity index (χ2v) is 9.17. The van der Waals surface area contributed by atoms with Crippen LogP contribution in [0, 0.1) is 6.92 Å². The molecule has 0 saturated carbocycles. The van der Waals surface area contributed by atoms with Gasteiger partial charge in [0.1, 0.15) is 0 Å². The van der Waals surface area contributed by atoms with Crippen LogP contribution < -0.4 is 5.32 Å². The average Bonchev–Trinajstić information content (AvgIpc) is 3.35. The Morgan fingerprint density at radius 2 is 2.19 bits per heavy atom. The van der Waals surface area contributed by atoms with Crippen molar-refractivity contribution in [3.05, 3.63) is 50.8 Å². The molecule has 1 aliphatic rings. The van der Waals surface area contributed by atoms with Crippen molar-refractivity contribution in [3.8, 4) is 0 Å². The summed E-state index contributed by atoms with van der Waals surface area (Å²) in [6.07, 6.45) is 5.35. The van der Waals surface area contributed by atoms with Crippen LogP contribution in [0.5, 0.6) is 0 Å². The van der Waals surface area contributed by atoms with Crippen molar-refractivity contribution in [3.63, 3.8) is 0 Å². The lowest BCUT2D eigenvalue weighted by Gasteiger charge is -2.24. The van der Waals surface area contributed by atoms with Crippen molar-refractivity contribution in [2.75, 3.05) is 13.6 Å². The predicted octanol–water partition coefficient (Wildman–Crippen LogP) is 4.23. The number of hydrogen-bond acceptors (Lipinski definition) is 5. The molecular formula is C20H23N3OS2. The van der Waals surface area contributed by atoms with E-state index >= 15 is 0 Å². The summed E-state index contributed by atoms with van der Waals surface area (Å²) in [5.41, 5.74) is 1.21. The molecule has 1 N–H and O–H groups in total. The number of amides is 1. The Kier molecular flexibility index (Phi) is 5.07. The fourth-order valence-electron chi connectivity index (χ4n) is 3.85. The van der Waals surface area contributed by atoms with Crippen LogP contribution in [0.2, 0.25) is 0 Å². The third-order valence-corrected chi connectivity index (χ3v) is 7.21. The quantitative estimate of drug-likeness (QED) is 0.715. The molecule has 0 aliphatic carbocycles. The number of fused-ring (bicyclic) bond motifs is 1. The third-order valence-electron chi connectivity index (χ3n) is 5.10. The first-order chi connectivity index (χ1) is 12.7. The van der Waals surface area contributed by atoms with Gasteiger partial charge in [-0.2, -0.15) is 0 Å². The predicted molar refractivity (Wildman–Crippen MR) is 109 cm³/mol. The van der Waals surface area contributed by atoms with E-state index in [-0.39, 0.29) is 5.91 Å². The van der Waals surface area contributed by atoms with Gasteiger partial charge in [-0.1, -0.05) is 18.2 Å². The van der Waals surface area contributed by atoms with Gasteiger partial charge in [-0.3, -0.25) is 9.69 Å². The standard InChI is InChI=1S/C20H23N3OS2/c1-13-22-11-15(25-13)12-23-9-5-6-14(23)10-17-16-7-3-4-8-18(16)26-19(17)20(24)21-2/h3-4,7-8,11,14H,5-6,9-10,12H2,1-2H3,(H,21,24)/t14-/m1/s1. The molecule has 3 aromatic rings. The molecule has 2 aromatic heterocycles. The topological polar surface area (TPSA) is 45.2 Å². The number of carbonyl (C=O) groups excluding carboxylic acids is 1. The Balaban J connectivity index is 1.62. The van der Waals surface area contributed by atoms with Gasteiger partial charge in [-0.05, 0) is 49.7 Å². The number of rotatable bonds is 5. The monoisotopic (exact) mass is 385 g/mol. The zero-order valence-electron chi connectivity index (χ0n) is 15.1. The van der Waals surface area contributed by atoms with Crippen LogP contribution in [0.1, 0.15) is 38.0 Å². The molecule has 1 aromatic carbocycles. The number of nitrogens with one attached hydrogen (secondary N) is 1. The fourth-order valence-corrected chi connectivity index (χ4v) is 5.85. The summed E-state index contributed by atoms with van der Waals surface area (Å²) in [4.78, 5) is 21.6. The Morgan fingerprint density at radius 3 is 2.96 bits per heavy atom. The number of thiazole rings is 1. The molecule has 1 atom stereocenters. The smallest absolute Gasteiger partial charge is 0.261 e. The Morgan fingerprint density at radius 1 is 1.35 bits per heavy atom. The van der Waals surface area contributed by atoms with E-state index in [1.165, 1.54) is 33.4 Å². The van der Waals surface area contributed by atoms with Gasteiger partial charge >= 0.3 is 0 Å². The molecule has 0 bridgehead atoms. The molecule has 1 aliphatic heterocycles. The summed E-state index contributed by atoms with van der Waals surface area (Å²) in [6.45, 7) is 4.15. The summed E-state index contributed by atoms with van der Waals surface area (Å²) in [5, 5.41) is 5.17. The van der Waals surface area contributed by atoms with Crippen molar-refractivity contribution >= 4 is 38.7 Å². The van der Waals surface area contributed by atoms with E-state index in [0.29, 0.717) is 6.04 Å². The van der Waals surface area contributed by atoms with E-state index in [4.69, 9.17) is 0 Å². The molecule has 4 rings (SSSR count). The highest BCUT2D eigenvalue weighted by Crippen LogP contribution is 2.35. The van der Waals surface area contributed by atoms with E-state index in [0.717, 1.165) is 29.4 Å². The Labute approximate surface area is 161 Å². The molecular weight excluding hydrogens is 362 g/mol. The maximum atomic E-state index is 12.4. The second-order valence-electron chi connectivity index (χ2n) is 6.80. The number of thiophene rings is 1. The van der Waals surface area contributed by atoms with Crippen LogP contribution in [0.4, 0.5) is 0 Å². The molecule has 0 spiro atoms. The summed E-state index contributed by atoms with van der Waals surface area (Å²) < 4.78 is 1.20. The summed E-state index contributed by atoms with van der Waals surface area (Å²) in [5.74, 6) is 0.0313. The highest BCUT2D eigenvalue weighted by Gasteiger charge is 2.28. The van der Waals surface area contributed by atoms with Crippen molar-refractivity contribution in [2.24, 2.45) is 0 Å². The highest BCUT2D eigenvalue weighted by molar-refractivity contribution is 7.21. The Hall–Kier alpha value is -1.76. The fraction of sp³-hybridized carbons (Fsp3) is 0.400. The molecule has 3 heterocycles. The number of benzene rings is 1. The lowest BCUT2D eigenvalue weighted by Crippen LogP contribution is -2.31. The van der Waals surface area contributed by atoms with Crippen LogP contribution >= 0.6 is 22.7 Å². The molecule has 1 saturated heterocycles. The third kappa shape index (κ3) is 3.41. The van der Waals surface area contributed by atoms with Crippen molar-refractivity contribution < 1.29 is 4.79 Å². The molecule has 0 radical (unpaired) electrons. The van der Waals surface area contributed by atoms with Crippen molar-refractivity contribution in [1.29, 1.82) is 0 Å². The molecule has 1 amide bonds. The van der Waals surface area contributed by atoms with Crippen LogP contribution in [0.25, 0.3) is 10.1 Å². The van der Waals surface area contributed by atoms with Gasteiger partial charge in [-0.25, -0.2) is 4.98 Å². The van der Waals surface area contributed by atoms with E-state index in [1.807, 2.05) is 12.3 Å². The first kappa shape index (κ1) is 17.6. The first-order valence-electron chi connectivity index (χ1n) is 9.03. The minimum absolute atomic E-state index is 0.0313. The van der Waals surface area contributed by atoms with Crippen LogP contribution in [0.15, 0.2) is 30.5 Å². The summed E-state index contributed by atoms with van der Waals surface area (Å²) >= 11 is 3.39. The molecule has 0 unspecified atom stereocenters. The van der Waals surface area contributed by atoms with Gasteiger partial charge in [-0.15, -0.1) is 22.7 Å². The van der Waals surface area contributed by atoms with E-state index < -0.39 is 0 Å². The summed E-state index contributed by atoms with van der Waals surface area (Å²) in [6, 6.07) is 8.86. The number of aromatic nitrogens is 1. The molecule has 4 nitrogen and oxygen atoms in total. The minimum Gasteiger partial charge on any atom is -0.354 e. The highest BCUT2D eigenvalue weighted by atomic mass is 32.1. The van der Waals surface area contributed by atoms with Gasteiger partial charge in [0.2, 0.25) is 0 Å². The minimum atomic E-state index is 0.0313.